The summed E-state index contributed by atoms with van der Waals surface area (Å²) in [7, 11) is 0. The van der Waals surface area contributed by atoms with Crippen LogP contribution in [0.15, 0.2) is 0 Å². The van der Waals surface area contributed by atoms with Crippen molar-refractivity contribution in [3.05, 3.63) is 0 Å². The molecule has 0 aliphatic carbocycles. The van der Waals surface area contributed by atoms with Gasteiger partial charge in [-0.1, -0.05) is 96.8 Å². The van der Waals surface area contributed by atoms with E-state index < -0.39 is 5.97 Å². The zero-order valence-corrected chi connectivity index (χ0v) is 17.3. The fraction of sp³-hybridized carbons (Fsp3) is 0.944. The van der Waals surface area contributed by atoms with Gasteiger partial charge in [0.25, 0.3) is 0 Å². The summed E-state index contributed by atoms with van der Waals surface area (Å²) in [6.07, 6.45) is 20.2. The molecule has 0 rings (SSSR count). The fourth-order valence-corrected chi connectivity index (χ4v) is 2.65. The van der Waals surface area contributed by atoms with Gasteiger partial charge in [0.2, 0.25) is 0 Å². The second-order valence-electron chi connectivity index (χ2n) is 6.09. The molecule has 0 saturated carbocycles. The first-order valence-electron chi connectivity index (χ1n) is 8.99. The molecular weight excluding hydrogens is 301 g/mol. The van der Waals surface area contributed by atoms with Gasteiger partial charge in [-0.15, -0.1) is 0 Å². The van der Waals surface area contributed by atoms with E-state index in [0.717, 1.165) is 12.8 Å². The average molecular weight is 339 g/mol. The Balaban J connectivity index is -0.000000301. The van der Waals surface area contributed by atoms with Crippen LogP contribution in [0.25, 0.3) is 0 Å². The van der Waals surface area contributed by atoms with Crippen LogP contribution in [-0.4, -0.2) is 45.1 Å². The monoisotopic (exact) mass is 338 g/mol. The number of aliphatic carboxylic acids is 1. The molecule has 0 spiro atoms. The fourth-order valence-electron chi connectivity index (χ4n) is 2.65. The summed E-state index contributed by atoms with van der Waals surface area (Å²) >= 11 is 0. The van der Waals surface area contributed by atoms with E-state index in [0.29, 0.717) is 6.42 Å². The Labute approximate surface area is 162 Å². The van der Waals surface area contributed by atoms with Gasteiger partial charge in [-0.25, -0.2) is 0 Å². The number of hydrogen-bond acceptors (Lipinski definition) is 1. The summed E-state index contributed by atoms with van der Waals surface area (Å²) in [5.41, 5.74) is 0. The zero-order valence-electron chi connectivity index (χ0n) is 16.9. The Bertz CT molecular complexity index is 223. The molecule has 4 heteroatoms. The molecule has 0 aliphatic rings. The SMILES string of the molecule is CCCCCCCCCCCCCCCCCC(=O)O.[H-].[H-].[Mg+2].[Si]. The van der Waals surface area contributed by atoms with E-state index in [1.165, 1.54) is 83.5 Å². The summed E-state index contributed by atoms with van der Waals surface area (Å²) in [6, 6.07) is 0. The van der Waals surface area contributed by atoms with Crippen LogP contribution in [0.2, 0.25) is 0 Å². The van der Waals surface area contributed by atoms with E-state index >= 15 is 0 Å². The van der Waals surface area contributed by atoms with Gasteiger partial charge in [-0.05, 0) is 6.42 Å². The van der Waals surface area contributed by atoms with Crippen LogP contribution in [-0.2, 0) is 4.79 Å². The Morgan fingerprint density at radius 1 is 0.682 bits per heavy atom. The summed E-state index contributed by atoms with van der Waals surface area (Å²) in [6.45, 7) is 2.27. The standard InChI is InChI=1S/C18H36O2.Mg.Si.2H/c1-2-3-4-5-6-7-8-9-10-11-12-13-14-15-16-17-18(19)20;;;;/h2-17H2,1H3,(H,19,20);;;;/q;+2;;2*-1. The topological polar surface area (TPSA) is 37.3 Å². The van der Waals surface area contributed by atoms with Crippen molar-refractivity contribution < 1.29 is 12.8 Å². The molecule has 22 heavy (non-hydrogen) atoms. The molecule has 0 heterocycles. The van der Waals surface area contributed by atoms with Crippen LogP contribution in [0.3, 0.4) is 0 Å². The van der Waals surface area contributed by atoms with Gasteiger partial charge in [0.05, 0.1) is 0 Å². The van der Waals surface area contributed by atoms with Crippen molar-refractivity contribution in [3.8, 4) is 0 Å². The molecule has 0 atom stereocenters. The van der Waals surface area contributed by atoms with Crippen molar-refractivity contribution in [3.63, 3.8) is 0 Å². The number of unbranched alkanes of at least 4 members (excludes halogenated alkanes) is 14. The van der Waals surface area contributed by atoms with Gasteiger partial charge < -0.3 is 7.96 Å². The predicted molar refractivity (Wildman–Crippen MR) is 101 cm³/mol. The molecule has 0 unspecified atom stereocenters. The minimum atomic E-state index is -0.653. The number of hydrogen-bond donors (Lipinski definition) is 1. The first kappa shape index (κ1) is 27.3. The minimum Gasteiger partial charge on any atom is -1.00 e. The number of rotatable bonds is 16. The molecule has 0 aliphatic heterocycles. The van der Waals surface area contributed by atoms with Gasteiger partial charge in [0.15, 0.2) is 0 Å². The summed E-state index contributed by atoms with van der Waals surface area (Å²) in [4.78, 5) is 10.3. The molecule has 0 aromatic rings. The Morgan fingerprint density at radius 2 is 0.955 bits per heavy atom. The van der Waals surface area contributed by atoms with Crippen molar-refractivity contribution in [1.82, 2.24) is 0 Å². The van der Waals surface area contributed by atoms with Gasteiger partial charge in [-0.3, -0.25) is 4.79 Å². The summed E-state index contributed by atoms with van der Waals surface area (Å²) in [5, 5.41) is 8.52. The Morgan fingerprint density at radius 3 is 1.23 bits per heavy atom. The number of carbonyl (C=O) groups is 1. The van der Waals surface area contributed by atoms with Crippen molar-refractivity contribution in [2.24, 2.45) is 0 Å². The van der Waals surface area contributed by atoms with E-state index in [9.17, 15) is 4.79 Å². The maximum absolute atomic E-state index is 10.3. The van der Waals surface area contributed by atoms with Crippen LogP contribution >= 0.6 is 0 Å². The molecule has 4 radical (unpaired) electrons. The number of carboxylic acids is 1. The molecule has 0 aromatic heterocycles. The van der Waals surface area contributed by atoms with Gasteiger partial charge in [-0.2, -0.15) is 0 Å². The maximum atomic E-state index is 10.3. The largest absolute Gasteiger partial charge is 2.00 e. The van der Waals surface area contributed by atoms with Crippen molar-refractivity contribution in [2.75, 3.05) is 0 Å². The van der Waals surface area contributed by atoms with Crippen LogP contribution in [0, 0.1) is 0 Å². The normalized spacial score (nSPS) is 9.86. The van der Waals surface area contributed by atoms with Crippen LogP contribution in [0.4, 0.5) is 0 Å². The van der Waals surface area contributed by atoms with Crippen molar-refractivity contribution in [1.29, 1.82) is 0 Å². The molecule has 0 fully saturated rings. The average Bonchev–Trinajstić information content (AvgIpc) is 2.43. The smallest absolute Gasteiger partial charge is 1.00 e. The van der Waals surface area contributed by atoms with Gasteiger partial charge in [0, 0.05) is 17.4 Å². The van der Waals surface area contributed by atoms with Crippen LogP contribution in [0.5, 0.6) is 0 Å². The predicted octanol–water partition coefficient (Wildman–Crippen LogP) is 5.80. The molecule has 0 bridgehead atoms. The van der Waals surface area contributed by atoms with Gasteiger partial charge >= 0.3 is 29.0 Å². The maximum Gasteiger partial charge on any atom is 2.00 e. The van der Waals surface area contributed by atoms with Crippen LogP contribution in [0.1, 0.15) is 113 Å². The molecule has 128 valence electrons. The first-order valence-corrected chi connectivity index (χ1v) is 8.99. The molecule has 0 aromatic carbocycles. The quantitative estimate of drug-likeness (QED) is 0.285. The second kappa shape index (κ2) is 23.7. The molecule has 0 saturated heterocycles. The van der Waals surface area contributed by atoms with E-state index in [1.807, 2.05) is 0 Å². The zero-order chi connectivity index (χ0) is 14.9. The third-order valence-corrected chi connectivity index (χ3v) is 3.99. The van der Waals surface area contributed by atoms with E-state index in [1.54, 1.807) is 0 Å². The summed E-state index contributed by atoms with van der Waals surface area (Å²) < 4.78 is 0. The third kappa shape index (κ3) is 25.4. The van der Waals surface area contributed by atoms with Gasteiger partial charge in [0.1, 0.15) is 0 Å². The van der Waals surface area contributed by atoms with E-state index in [4.69, 9.17) is 5.11 Å². The first-order chi connectivity index (χ1) is 9.77. The second-order valence-corrected chi connectivity index (χ2v) is 6.09. The Hall–Kier alpha value is 0.453. The molecule has 2 nitrogen and oxygen atoms in total. The van der Waals surface area contributed by atoms with Crippen LogP contribution < -0.4 is 0 Å². The molecular formula is C18H38MgO2Si. The van der Waals surface area contributed by atoms with Crippen molar-refractivity contribution >= 4 is 40.0 Å². The minimum absolute atomic E-state index is 0. The third-order valence-electron chi connectivity index (χ3n) is 3.99. The summed E-state index contributed by atoms with van der Waals surface area (Å²) in [5.74, 6) is -0.653. The Kier molecular flexibility index (Phi) is 29.4. The van der Waals surface area contributed by atoms with Crippen molar-refractivity contribution in [2.45, 2.75) is 110 Å². The number of carboxylic acid groups (broad SMARTS) is 1. The van der Waals surface area contributed by atoms with E-state index in [2.05, 4.69) is 6.92 Å². The molecule has 0 amide bonds. The van der Waals surface area contributed by atoms with E-state index in [-0.39, 0.29) is 36.9 Å². The molecule has 1 N–H and O–H groups in total.